The third-order valence-electron chi connectivity index (χ3n) is 5.55. The van der Waals surface area contributed by atoms with Crippen LogP contribution in [0, 0.1) is 0 Å². The molecule has 0 bridgehead atoms. The number of hydrogen-bond donors (Lipinski definition) is 2. The molecule has 2 saturated heterocycles. The summed E-state index contributed by atoms with van der Waals surface area (Å²) in [6.45, 7) is 3.01. The Balaban J connectivity index is 0.00000101. The lowest BCUT2D eigenvalue weighted by Gasteiger charge is -2.30. The van der Waals surface area contributed by atoms with Crippen LogP contribution in [-0.2, 0) is 25.5 Å². The van der Waals surface area contributed by atoms with Gasteiger partial charge in [-0.15, -0.1) is 0 Å². The minimum absolute atomic E-state index is 0.00138. The predicted octanol–water partition coefficient (Wildman–Crippen LogP) is 1.41. The van der Waals surface area contributed by atoms with Crippen molar-refractivity contribution in [3.8, 4) is 0 Å². The van der Waals surface area contributed by atoms with Gasteiger partial charge in [0.15, 0.2) is 0 Å². The zero-order valence-corrected chi connectivity index (χ0v) is 18.0. The standard InChI is InChI=1S/C20H28ClN3O3.CH2O2/c1-23-17(13-20(26)24-7-9-27-10-8-24)5-6-18(23)14-22-19(25)12-15-3-2-4-16(21)11-15;2-1-3/h2-4,11,17-18H,5-10,12-14H2,1H3,(H,22,25);1H,(H,2,3)/t17-,18+;/m1./s1. The number of hydrogen-bond acceptors (Lipinski definition) is 5. The fraction of sp³-hybridized carbons (Fsp3) is 0.571. The van der Waals surface area contributed by atoms with Gasteiger partial charge in [-0.2, -0.15) is 0 Å². The second-order valence-corrected chi connectivity index (χ2v) is 7.90. The molecule has 0 aromatic heterocycles. The first kappa shape index (κ1) is 24.1. The number of carbonyl (C=O) groups excluding carboxylic acids is 2. The second-order valence-electron chi connectivity index (χ2n) is 7.46. The van der Waals surface area contributed by atoms with Gasteiger partial charge in [-0.3, -0.25) is 19.3 Å². The van der Waals surface area contributed by atoms with Crippen molar-refractivity contribution >= 4 is 29.9 Å². The monoisotopic (exact) mass is 439 g/mol. The summed E-state index contributed by atoms with van der Waals surface area (Å²) in [5, 5.41) is 10.6. The zero-order valence-electron chi connectivity index (χ0n) is 17.3. The third-order valence-corrected chi connectivity index (χ3v) is 5.78. The topological polar surface area (TPSA) is 99.2 Å². The van der Waals surface area contributed by atoms with E-state index in [2.05, 4.69) is 17.3 Å². The highest BCUT2D eigenvalue weighted by Gasteiger charge is 2.33. The highest BCUT2D eigenvalue weighted by molar-refractivity contribution is 6.30. The predicted molar refractivity (Wildman–Crippen MR) is 113 cm³/mol. The second kappa shape index (κ2) is 12.5. The molecular formula is C21H30ClN3O5. The average molecular weight is 440 g/mol. The van der Waals surface area contributed by atoms with Crippen molar-refractivity contribution in [1.82, 2.24) is 15.1 Å². The Labute approximate surface area is 182 Å². The van der Waals surface area contributed by atoms with Crippen LogP contribution in [0.2, 0.25) is 5.02 Å². The summed E-state index contributed by atoms with van der Waals surface area (Å²) in [5.74, 6) is 0.208. The van der Waals surface area contributed by atoms with Crippen molar-refractivity contribution in [2.75, 3.05) is 39.9 Å². The van der Waals surface area contributed by atoms with Gasteiger partial charge in [0, 0.05) is 43.2 Å². The average Bonchev–Trinajstić information content (AvgIpc) is 3.07. The van der Waals surface area contributed by atoms with Gasteiger partial charge < -0.3 is 20.1 Å². The molecule has 8 nitrogen and oxygen atoms in total. The summed E-state index contributed by atoms with van der Waals surface area (Å²) in [5.41, 5.74) is 0.911. The first-order valence-electron chi connectivity index (χ1n) is 10.1. The molecule has 0 saturated carbocycles. The molecular weight excluding hydrogens is 410 g/mol. The molecule has 2 N–H and O–H groups in total. The largest absolute Gasteiger partial charge is 0.483 e. The molecule has 1 aromatic carbocycles. The Morgan fingerprint density at radius 1 is 1.27 bits per heavy atom. The summed E-state index contributed by atoms with van der Waals surface area (Å²) in [6.07, 6.45) is 2.86. The van der Waals surface area contributed by atoms with Gasteiger partial charge in [-0.1, -0.05) is 23.7 Å². The molecule has 1 aromatic rings. The molecule has 2 aliphatic rings. The summed E-state index contributed by atoms with van der Waals surface area (Å²) in [7, 11) is 2.05. The lowest BCUT2D eigenvalue weighted by atomic mass is 10.1. The number of carboxylic acid groups (broad SMARTS) is 1. The van der Waals surface area contributed by atoms with Crippen LogP contribution in [0.15, 0.2) is 24.3 Å². The van der Waals surface area contributed by atoms with E-state index in [0.29, 0.717) is 50.7 Å². The Kier molecular flexibility index (Phi) is 10.1. The summed E-state index contributed by atoms with van der Waals surface area (Å²) in [4.78, 5) is 37.2. The number of likely N-dealkylation sites (tertiary alicyclic amines) is 1. The van der Waals surface area contributed by atoms with Crippen LogP contribution in [0.1, 0.15) is 24.8 Å². The first-order chi connectivity index (χ1) is 14.4. The van der Waals surface area contributed by atoms with Gasteiger partial charge in [0.25, 0.3) is 6.47 Å². The maximum Gasteiger partial charge on any atom is 0.290 e. The number of benzene rings is 1. The van der Waals surface area contributed by atoms with Crippen molar-refractivity contribution < 1.29 is 24.2 Å². The fourth-order valence-corrected chi connectivity index (χ4v) is 4.07. The molecule has 2 amide bonds. The van der Waals surface area contributed by atoms with Gasteiger partial charge in [0.2, 0.25) is 11.8 Å². The lowest BCUT2D eigenvalue weighted by molar-refractivity contribution is -0.136. The Bertz CT molecular complexity index is 712. The normalized spacial score (nSPS) is 21.5. The van der Waals surface area contributed by atoms with Gasteiger partial charge in [-0.25, -0.2) is 0 Å². The van der Waals surface area contributed by atoms with Crippen molar-refractivity contribution in [1.29, 1.82) is 0 Å². The minimum atomic E-state index is -0.250. The van der Waals surface area contributed by atoms with E-state index in [-0.39, 0.29) is 30.4 Å². The Morgan fingerprint density at radius 2 is 1.93 bits per heavy atom. The highest BCUT2D eigenvalue weighted by Crippen LogP contribution is 2.25. The lowest BCUT2D eigenvalue weighted by Crippen LogP contribution is -2.45. The van der Waals surface area contributed by atoms with E-state index in [0.717, 1.165) is 18.4 Å². The molecule has 3 rings (SSSR count). The molecule has 166 valence electrons. The molecule has 2 atom stereocenters. The van der Waals surface area contributed by atoms with Gasteiger partial charge in [-0.05, 0) is 37.6 Å². The summed E-state index contributed by atoms with van der Waals surface area (Å²) >= 11 is 5.97. The maximum atomic E-state index is 12.5. The van der Waals surface area contributed by atoms with Crippen LogP contribution < -0.4 is 5.32 Å². The number of halogens is 1. The van der Waals surface area contributed by atoms with E-state index >= 15 is 0 Å². The van der Waals surface area contributed by atoms with E-state index in [9.17, 15) is 9.59 Å². The van der Waals surface area contributed by atoms with Crippen molar-refractivity contribution in [3.05, 3.63) is 34.9 Å². The van der Waals surface area contributed by atoms with E-state index in [4.69, 9.17) is 26.2 Å². The molecule has 9 heteroatoms. The van der Waals surface area contributed by atoms with Crippen LogP contribution in [0.5, 0.6) is 0 Å². The summed E-state index contributed by atoms with van der Waals surface area (Å²) in [6, 6.07) is 7.89. The van der Waals surface area contributed by atoms with Crippen LogP contribution in [0.4, 0.5) is 0 Å². The van der Waals surface area contributed by atoms with Crippen LogP contribution in [0.25, 0.3) is 0 Å². The number of carbonyl (C=O) groups is 3. The molecule has 2 aliphatic heterocycles. The number of ether oxygens (including phenoxy) is 1. The van der Waals surface area contributed by atoms with E-state index < -0.39 is 0 Å². The Morgan fingerprint density at radius 3 is 2.60 bits per heavy atom. The number of morpholine rings is 1. The molecule has 0 spiro atoms. The van der Waals surface area contributed by atoms with Gasteiger partial charge in [0.05, 0.1) is 19.6 Å². The summed E-state index contributed by atoms with van der Waals surface area (Å²) < 4.78 is 5.31. The van der Waals surface area contributed by atoms with Crippen molar-refractivity contribution in [2.24, 2.45) is 0 Å². The van der Waals surface area contributed by atoms with Crippen LogP contribution in [-0.4, -0.2) is 85.2 Å². The van der Waals surface area contributed by atoms with Crippen LogP contribution in [0.3, 0.4) is 0 Å². The number of amides is 2. The van der Waals surface area contributed by atoms with Crippen molar-refractivity contribution in [3.63, 3.8) is 0 Å². The molecule has 0 unspecified atom stereocenters. The molecule has 2 heterocycles. The number of nitrogens with one attached hydrogen (secondary N) is 1. The van der Waals surface area contributed by atoms with E-state index in [1.54, 1.807) is 6.07 Å². The maximum absolute atomic E-state index is 12.5. The molecule has 2 fully saturated rings. The molecule has 0 radical (unpaired) electrons. The van der Waals surface area contributed by atoms with Gasteiger partial charge in [0.1, 0.15) is 0 Å². The third kappa shape index (κ3) is 7.59. The van der Waals surface area contributed by atoms with E-state index in [1.807, 2.05) is 23.1 Å². The van der Waals surface area contributed by atoms with E-state index in [1.165, 1.54) is 0 Å². The van der Waals surface area contributed by atoms with Crippen molar-refractivity contribution in [2.45, 2.75) is 37.8 Å². The first-order valence-corrected chi connectivity index (χ1v) is 10.5. The number of nitrogens with zero attached hydrogens (tertiary/aromatic N) is 2. The van der Waals surface area contributed by atoms with Crippen LogP contribution >= 0.6 is 11.6 Å². The minimum Gasteiger partial charge on any atom is -0.483 e. The SMILES string of the molecule is CN1[C@@H](CC(=O)N2CCOCC2)CC[C@H]1CNC(=O)Cc1cccc(Cl)c1.O=CO. The zero-order chi connectivity index (χ0) is 21.9. The fourth-order valence-electron chi connectivity index (χ4n) is 3.85. The van der Waals surface area contributed by atoms with Gasteiger partial charge >= 0.3 is 0 Å². The number of likely N-dealkylation sites (N-methyl/N-ethyl adjacent to an activating group) is 1. The highest BCUT2D eigenvalue weighted by atomic mass is 35.5. The number of rotatable bonds is 6. The molecule has 0 aliphatic carbocycles. The Hall–Kier alpha value is -2.16. The molecule has 30 heavy (non-hydrogen) atoms. The quantitative estimate of drug-likeness (QED) is 0.650. The smallest absolute Gasteiger partial charge is 0.290 e.